The Labute approximate surface area is 141 Å². The van der Waals surface area contributed by atoms with E-state index in [0.29, 0.717) is 17.1 Å². The highest BCUT2D eigenvalue weighted by atomic mass is 35.5. The summed E-state index contributed by atoms with van der Waals surface area (Å²) < 4.78 is 0. The number of aromatic nitrogens is 2. The maximum Gasteiger partial charge on any atom is 0.253 e. The van der Waals surface area contributed by atoms with Crippen molar-refractivity contribution in [2.24, 2.45) is 0 Å². The lowest BCUT2D eigenvalue weighted by atomic mass is 10.1. The summed E-state index contributed by atoms with van der Waals surface area (Å²) in [4.78, 5) is 24.4. The molecule has 3 rings (SSSR count). The molecule has 2 heterocycles. The van der Waals surface area contributed by atoms with Crippen molar-refractivity contribution >= 4 is 17.5 Å². The van der Waals surface area contributed by atoms with Crippen molar-refractivity contribution in [1.82, 2.24) is 19.8 Å². The van der Waals surface area contributed by atoms with Gasteiger partial charge in [0.05, 0.1) is 0 Å². The molecule has 1 saturated heterocycles. The van der Waals surface area contributed by atoms with Gasteiger partial charge in [0.25, 0.3) is 5.91 Å². The molecule has 1 N–H and O–H groups in total. The Kier molecular flexibility index (Phi) is 4.68. The van der Waals surface area contributed by atoms with E-state index >= 15 is 0 Å². The van der Waals surface area contributed by atoms with Crippen LogP contribution in [-0.4, -0.2) is 52.9 Å². The third-order valence-electron chi connectivity index (χ3n) is 4.07. The minimum atomic E-state index is 0.0371. The fourth-order valence-corrected chi connectivity index (χ4v) is 3.17. The van der Waals surface area contributed by atoms with E-state index in [1.54, 1.807) is 12.1 Å². The van der Waals surface area contributed by atoms with E-state index in [0.717, 1.165) is 31.0 Å². The van der Waals surface area contributed by atoms with E-state index in [2.05, 4.69) is 14.9 Å². The SMILES string of the molecule is CN(C)Cc1cnc([C@H]2CCN(C(=O)c3cccc(Cl)c3)C2)[nH]1. The molecule has 23 heavy (non-hydrogen) atoms. The lowest BCUT2D eigenvalue weighted by Gasteiger charge is -2.16. The van der Waals surface area contributed by atoms with Crippen LogP contribution < -0.4 is 0 Å². The Bertz CT molecular complexity index is 697. The molecule has 1 aromatic heterocycles. The Morgan fingerprint density at radius 1 is 1.48 bits per heavy atom. The zero-order valence-electron chi connectivity index (χ0n) is 13.4. The second kappa shape index (κ2) is 6.72. The van der Waals surface area contributed by atoms with Crippen molar-refractivity contribution < 1.29 is 4.79 Å². The van der Waals surface area contributed by atoms with Crippen molar-refractivity contribution in [1.29, 1.82) is 0 Å². The predicted molar refractivity (Wildman–Crippen MR) is 90.7 cm³/mol. The molecule has 5 nitrogen and oxygen atoms in total. The zero-order valence-corrected chi connectivity index (χ0v) is 14.2. The van der Waals surface area contributed by atoms with Crippen LogP contribution in [0.3, 0.4) is 0 Å². The molecule has 1 aromatic carbocycles. The number of nitrogens with zero attached hydrogens (tertiary/aromatic N) is 3. The van der Waals surface area contributed by atoms with Crippen LogP contribution in [0.1, 0.15) is 34.2 Å². The average molecular weight is 333 g/mol. The molecular weight excluding hydrogens is 312 g/mol. The fraction of sp³-hybridized carbons (Fsp3) is 0.412. The molecule has 1 amide bonds. The first kappa shape index (κ1) is 16.0. The zero-order chi connectivity index (χ0) is 16.4. The fourth-order valence-electron chi connectivity index (χ4n) is 2.98. The van der Waals surface area contributed by atoms with Crippen molar-refractivity contribution in [2.45, 2.75) is 18.9 Å². The second-order valence-corrected chi connectivity index (χ2v) is 6.72. The van der Waals surface area contributed by atoms with Crippen molar-refractivity contribution in [3.63, 3.8) is 0 Å². The minimum absolute atomic E-state index is 0.0371. The van der Waals surface area contributed by atoms with Gasteiger partial charge >= 0.3 is 0 Å². The highest BCUT2D eigenvalue weighted by molar-refractivity contribution is 6.30. The maximum atomic E-state index is 12.6. The summed E-state index contributed by atoms with van der Waals surface area (Å²) in [5.74, 6) is 1.28. The van der Waals surface area contributed by atoms with Crippen molar-refractivity contribution in [3.05, 3.63) is 52.6 Å². The number of aromatic amines is 1. The number of likely N-dealkylation sites (tertiary alicyclic amines) is 1. The molecule has 1 aliphatic heterocycles. The summed E-state index contributed by atoms with van der Waals surface area (Å²) in [6.45, 7) is 2.28. The highest BCUT2D eigenvalue weighted by Gasteiger charge is 2.29. The van der Waals surface area contributed by atoms with E-state index in [1.807, 2.05) is 37.3 Å². The normalized spacial score (nSPS) is 17.9. The third-order valence-corrected chi connectivity index (χ3v) is 4.30. The monoisotopic (exact) mass is 332 g/mol. The van der Waals surface area contributed by atoms with E-state index in [9.17, 15) is 4.79 Å². The molecule has 0 radical (unpaired) electrons. The molecule has 1 atom stereocenters. The molecule has 0 spiro atoms. The van der Waals surface area contributed by atoms with Gasteiger partial charge in [-0.15, -0.1) is 0 Å². The molecule has 6 heteroatoms. The standard InChI is InChI=1S/C17H21ClN4O/c1-21(2)11-15-9-19-16(20-15)13-6-7-22(10-13)17(23)12-4-3-5-14(18)8-12/h3-5,8-9,13H,6-7,10-11H2,1-2H3,(H,19,20)/t13-/m0/s1. The topological polar surface area (TPSA) is 52.2 Å². The summed E-state index contributed by atoms with van der Waals surface area (Å²) in [5, 5.41) is 0.589. The number of rotatable bonds is 4. The van der Waals surface area contributed by atoms with Gasteiger partial charge in [-0.1, -0.05) is 17.7 Å². The lowest BCUT2D eigenvalue weighted by molar-refractivity contribution is 0.0790. The lowest BCUT2D eigenvalue weighted by Crippen LogP contribution is -2.28. The van der Waals surface area contributed by atoms with Gasteiger partial charge in [-0.05, 0) is 38.7 Å². The summed E-state index contributed by atoms with van der Waals surface area (Å²) in [6.07, 6.45) is 2.82. The Morgan fingerprint density at radius 3 is 3.04 bits per heavy atom. The Morgan fingerprint density at radius 2 is 2.30 bits per heavy atom. The summed E-state index contributed by atoms with van der Waals surface area (Å²) in [5.41, 5.74) is 1.75. The first-order valence-electron chi connectivity index (χ1n) is 7.76. The number of carbonyl (C=O) groups is 1. The van der Waals surface area contributed by atoms with Crippen LogP contribution in [0.4, 0.5) is 0 Å². The Hall–Kier alpha value is -1.85. The van der Waals surface area contributed by atoms with Crippen LogP contribution in [0.5, 0.6) is 0 Å². The van der Waals surface area contributed by atoms with E-state index < -0.39 is 0 Å². The summed E-state index contributed by atoms with van der Waals surface area (Å²) in [6, 6.07) is 7.12. The van der Waals surface area contributed by atoms with E-state index in [-0.39, 0.29) is 11.8 Å². The molecule has 1 fully saturated rings. The van der Waals surface area contributed by atoms with Crippen LogP contribution in [0.25, 0.3) is 0 Å². The van der Waals surface area contributed by atoms with E-state index in [4.69, 9.17) is 11.6 Å². The summed E-state index contributed by atoms with van der Waals surface area (Å²) in [7, 11) is 4.06. The number of H-pyrrole nitrogens is 1. The number of benzene rings is 1. The maximum absolute atomic E-state index is 12.6. The molecular formula is C17H21ClN4O. The van der Waals surface area contributed by atoms with Gasteiger partial charge in [-0.25, -0.2) is 4.98 Å². The summed E-state index contributed by atoms with van der Waals surface area (Å²) >= 11 is 5.97. The highest BCUT2D eigenvalue weighted by Crippen LogP contribution is 2.26. The van der Waals surface area contributed by atoms with Gasteiger partial charge in [-0.2, -0.15) is 0 Å². The molecule has 0 saturated carbocycles. The smallest absolute Gasteiger partial charge is 0.253 e. The number of imidazole rings is 1. The number of amides is 1. The van der Waals surface area contributed by atoms with Gasteiger partial charge in [-0.3, -0.25) is 4.79 Å². The van der Waals surface area contributed by atoms with Crippen LogP contribution >= 0.6 is 11.6 Å². The van der Waals surface area contributed by atoms with Gasteiger partial charge in [0.2, 0.25) is 0 Å². The van der Waals surface area contributed by atoms with Crippen LogP contribution in [0, 0.1) is 0 Å². The van der Waals surface area contributed by atoms with Crippen molar-refractivity contribution in [3.8, 4) is 0 Å². The van der Waals surface area contributed by atoms with Crippen LogP contribution in [-0.2, 0) is 6.54 Å². The van der Waals surface area contributed by atoms with Gasteiger partial charge in [0.1, 0.15) is 5.82 Å². The van der Waals surface area contributed by atoms with Gasteiger partial charge in [0.15, 0.2) is 0 Å². The molecule has 0 unspecified atom stereocenters. The van der Waals surface area contributed by atoms with E-state index in [1.165, 1.54) is 0 Å². The van der Waals surface area contributed by atoms with Crippen LogP contribution in [0.15, 0.2) is 30.5 Å². The Balaban J connectivity index is 1.66. The van der Waals surface area contributed by atoms with Gasteiger partial charge < -0.3 is 14.8 Å². The van der Waals surface area contributed by atoms with Gasteiger partial charge in [0, 0.05) is 48.0 Å². The average Bonchev–Trinajstić information content (AvgIpc) is 3.14. The molecule has 1 aliphatic rings. The predicted octanol–water partition coefficient (Wildman–Crippen LogP) is 2.75. The largest absolute Gasteiger partial charge is 0.345 e. The third kappa shape index (κ3) is 3.74. The molecule has 122 valence electrons. The number of nitrogens with one attached hydrogen (secondary N) is 1. The number of hydrogen-bond acceptors (Lipinski definition) is 3. The molecule has 0 bridgehead atoms. The molecule has 0 aliphatic carbocycles. The van der Waals surface area contributed by atoms with Crippen molar-refractivity contribution in [2.75, 3.05) is 27.2 Å². The second-order valence-electron chi connectivity index (χ2n) is 6.28. The first-order chi connectivity index (χ1) is 11.0. The van der Waals surface area contributed by atoms with Crippen LogP contribution in [0.2, 0.25) is 5.02 Å². The number of hydrogen-bond donors (Lipinski definition) is 1. The molecule has 2 aromatic rings. The number of carbonyl (C=O) groups excluding carboxylic acids is 1. The first-order valence-corrected chi connectivity index (χ1v) is 8.14. The minimum Gasteiger partial charge on any atom is -0.345 e. The number of halogens is 1. The quantitative estimate of drug-likeness (QED) is 0.936.